The first-order valence-electron chi connectivity index (χ1n) is 5.06. The van der Waals surface area contributed by atoms with Gasteiger partial charge in [-0.05, 0) is 51.8 Å². The maximum atomic E-state index is 6.06. The van der Waals surface area contributed by atoms with Crippen molar-refractivity contribution < 1.29 is 0 Å². The van der Waals surface area contributed by atoms with E-state index in [2.05, 4.69) is 37.6 Å². The lowest BCUT2D eigenvalue weighted by atomic mass is 10.4. The summed E-state index contributed by atoms with van der Waals surface area (Å²) >= 11 is 11.3. The van der Waals surface area contributed by atoms with Gasteiger partial charge in [-0.2, -0.15) is 0 Å². The van der Waals surface area contributed by atoms with Crippen LogP contribution in [0.1, 0.15) is 29.5 Å². The molecule has 3 rings (SSSR count). The molecule has 16 heavy (non-hydrogen) atoms. The molecule has 0 aromatic carbocycles. The second-order valence-corrected chi connectivity index (χ2v) is 6.07. The number of halogens is 2. The van der Waals surface area contributed by atoms with Crippen molar-refractivity contribution in [3.63, 3.8) is 0 Å². The zero-order valence-electron chi connectivity index (χ0n) is 8.36. The van der Waals surface area contributed by atoms with Crippen LogP contribution >= 0.6 is 38.9 Å². The highest BCUT2D eigenvalue weighted by Gasteiger charge is 2.30. The summed E-state index contributed by atoms with van der Waals surface area (Å²) in [5.41, 5.74) is 0. The van der Waals surface area contributed by atoms with Crippen LogP contribution in [0.15, 0.2) is 15.9 Å². The fourth-order valence-electron chi connectivity index (χ4n) is 1.67. The van der Waals surface area contributed by atoms with Crippen molar-refractivity contribution >= 4 is 38.9 Å². The lowest BCUT2D eigenvalue weighted by Crippen LogP contribution is -2.03. The molecule has 2 aromatic heterocycles. The van der Waals surface area contributed by atoms with Crippen LogP contribution in [0.25, 0.3) is 0 Å². The normalized spacial score (nSPS) is 15.6. The van der Waals surface area contributed by atoms with Gasteiger partial charge in [0, 0.05) is 15.3 Å². The summed E-state index contributed by atoms with van der Waals surface area (Å²) in [5.74, 6) is 1.60. The van der Waals surface area contributed by atoms with Gasteiger partial charge in [-0.3, -0.25) is 4.57 Å². The van der Waals surface area contributed by atoms with Crippen LogP contribution in [-0.2, 0) is 6.54 Å². The standard InChI is InChI=1S/C10H9BrClN3S/c11-7-3-4-16-8(7)5-15-9(6-1-2-6)13-14-10(15)12/h3-4,6H,1-2,5H2. The second kappa shape index (κ2) is 4.13. The van der Waals surface area contributed by atoms with Crippen LogP contribution in [0.2, 0.25) is 5.28 Å². The van der Waals surface area contributed by atoms with Gasteiger partial charge >= 0.3 is 0 Å². The Morgan fingerprint density at radius 3 is 2.94 bits per heavy atom. The maximum Gasteiger partial charge on any atom is 0.225 e. The topological polar surface area (TPSA) is 30.7 Å². The SMILES string of the molecule is Clc1nnc(C2CC2)n1Cc1sccc1Br. The highest BCUT2D eigenvalue weighted by Crippen LogP contribution is 2.40. The molecule has 0 atom stereocenters. The van der Waals surface area contributed by atoms with Gasteiger partial charge in [0.1, 0.15) is 5.82 Å². The van der Waals surface area contributed by atoms with Gasteiger partial charge in [0.25, 0.3) is 0 Å². The van der Waals surface area contributed by atoms with Crippen LogP contribution in [-0.4, -0.2) is 14.8 Å². The van der Waals surface area contributed by atoms with E-state index in [0.29, 0.717) is 11.2 Å². The average molecular weight is 319 g/mol. The van der Waals surface area contributed by atoms with Gasteiger partial charge in [-0.1, -0.05) is 0 Å². The molecular formula is C10H9BrClN3S. The molecule has 0 unspecified atom stereocenters. The van der Waals surface area contributed by atoms with E-state index in [1.165, 1.54) is 17.7 Å². The largest absolute Gasteiger partial charge is 0.296 e. The summed E-state index contributed by atoms with van der Waals surface area (Å²) in [6, 6.07) is 2.05. The first-order valence-corrected chi connectivity index (χ1v) is 7.11. The zero-order chi connectivity index (χ0) is 11.1. The number of nitrogens with zero attached hydrogens (tertiary/aromatic N) is 3. The Morgan fingerprint density at radius 1 is 1.50 bits per heavy atom. The summed E-state index contributed by atoms with van der Waals surface area (Å²) < 4.78 is 3.14. The van der Waals surface area contributed by atoms with Gasteiger partial charge in [-0.25, -0.2) is 0 Å². The molecule has 0 aliphatic heterocycles. The summed E-state index contributed by atoms with van der Waals surface area (Å²) in [4.78, 5) is 1.25. The summed E-state index contributed by atoms with van der Waals surface area (Å²) in [6.45, 7) is 0.760. The summed E-state index contributed by atoms with van der Waals surface area (Å²) in [7, 11) is 0. The van der Waals surface area contributed by atoms with Crippen LogP contribution in [0.5, 0.6) is 0 Å². The van der Waals surface area contributed by atoms with E-state index in [4.69, 9.17) is 11.6 Å². The molecule has 1 aliphatic carbocycles. The Hall–Kier alpha value is -0.390. The molecule has 0 bridgehead atoms. The third kappa shape index (κ3) is 1.92. The summed E-state index contributed by atoms with van der Waals surface area (Å²) in [6.07, 6.45) is 2.42. The fourth-order valence-corrected chi connectivity index (χ4v) is 3.32. The maximum absolute atomic E-state index is 6.06. The Balaban J connectivity index is 1.94. The predicted octanol–water partition coefficient (Wildman–Crippen LogP) is 3.68. The Kier molecular flexibility index (Phi) is 2.77. The lowest BCUT2D eigenvalue weighted by Gasteiger charge is -2.05. The number of hydrogen-bond donors (Lipinski definition) is 0. The molecule has 2 aromatic rings. The van der Waals surface area contributed by atoms with Crippen molar-refractivity contribution in [2.45, 2.75) is 25.3 Å². The van der Waals surface area contributed by atoms with Gasteiger partial charge in [0.2, 0.25) is 5.28 Å². The van der Waals surface area contributed by atoms with E-state index in [-0.39, 0.29) is 0 Å². The smallest absolute Gasteiger partial charge is 0.225 e. The number of thiophene rings is 1. The van der Waals surface area contributed by atoms with Gasteiger partial charge in [-0.15, -0.1) is 21.5 Å². The van der Waals surface area contributed by atoms with Gasteiger partial charge < -0.3 is 0 Å². The quantitative estimate of drug-likeness (QED) is 0.864. The molecule has 0 amide bonds. The predicted molar refractivity (Wildman–Crippen MR) is 68.1 cm³/mol. The highest BCUT2D eigenvalue weighted by molar-refractivity contribution is 9.10. The van der Waals surface area contributed by atoms with Gasteiger partial charge in [0.15, 0.2) is 0 Å². The lowest BCUT2D eigenvalue weighted by molar-refractivity contribution is 0.733. The van der Waals surface area contributed by atoms with E-state index < -0.39 is 0 Å². The molecule has 0 N–H and O–H groups in total. The van der Waals surface area contributed by atoms with Crippen molar-refractivity contribution in [2.24, 2.45) is 0 Å². The molecule has 1 saturated carbocycles. The van der Waals surface area contributed by atoms with Crippen molar-refractivity contribution in [3.8, 4) is 0 Å². The molecular weight excluding hydrogens is 310 g/mol. The highest BCUT2D eigenvalue weighted by atomic mass is 79.9. The van der Waals surface area contributed by atoms with E-state index in [0.717, 1.165) is 16.8 Å². The van der Waals surface area contributed by atoms with Crippen molar-refractivity contribution in [2.75, 3.05) is 0 Å². The third-order valence-corrected chi connectivity index (χ3v) is 4.86. The second-order valence-electron chi connectivity index (χ2n) is 3.88. The fraction of sp³-hybridized carbons (Fsp3) is 0.400. The minimum Gasteiger partial charge on any atom is -0.296 e. The number of hydrogen-bond acceptors (Lipinski definition) is 3. The molecule has 0 radical (unpaired) electrons. The first-order chi connectivity index (χ1) is 7.75. The Labute approximate surface area is 111 Å². The molecule has 0 saturated heterocycles. The molecule has 0 spiro atoms. The third-order valence-electron chi connectivity index (χ3n) is 2.67. The Morgan fingerprint density at radius 2 is 2.31 bits per heavy atom. The number of rotatable bonds is 3. The van der Waals surface area contributed by atoms with E-state index in [9.17, 15) is 0 Å². The van der Waals surface area contributed by atoms with Crippen molar-refractivity contribution in [3.05, 3.63) is 31.9 Å². The van der Waals surface area contributed by atoms with Crippen LogP contribution in [0.4, 0.5) is 0 Å². The number of aromatic nitrogens is 3. The molecule has 1 fully saturated rings. The average Bonchev–Trinajstić information content (AvgIpc) is 2.94. The minimum atomic E-state index is 0.488. The van der Waals surface area contributed by atoms with E-state index >= 15 is 0 Å². The van der Waals surface area contributed by atoms with Crippen molar-refractivity contribution in [1.82, 2.24) is 14.8 Å². The molecule has 1 aliphatic rings. The minimum absolute atomic E-state index is 0.488. The van der Waals surface area contributed by atoms with E-state index in [1.807, 2.05) is 4.57 Å². The summed E-state index contributed by atoms with van der Waals surface area (Å²) in [5, 5.41) is 10.7. The van der Waals surface area contributed by atoms with Crippen LogP contribution < -0.4 is 0 Å². The Bertz CT molecular complexity index is 518. The van der Waals surface area contributed by atoms with Gasteiger partial charge in [0.05, 0.1) is 6.54 Å². The monoisotopic (exact) mass is 317 g/mol. The molecule has 2 heterocycles. The first kappa shape index (κ1) is 10.7. The van der Waals surface area contributed by atoms with E-state index in [1.54, 1.807) is 11.3 Å². The zero-order valence-corrected chi connectivity index (χ0v) is 11.5. The van der Waals surface area contributed by atoms with Crippen LogP contribution in [0, 0.1) is 0 Å². The molecule has 3 nitrogen and oxygen atoms in total. The van der Waals surface area contributed by atoms with Crippen LogP contribution in [0.3, 0.4) is 0 Å². The molecule has 6 heteroatoms. The van der Waals surface area contributed by atoms with Crippen molar-refractivity contribution in [1.29, 1.82) is 0 Å². The molecule has 84 valence electrons.